The number of hydrogen-bond acceptors (Lipinski definition) is 19. The Hall–Kier alpha value is -12.6. The Labute approximate surface area is 490 Å². The number of aromatic amines is 4. The van der Waals surface area contributed by atoms with Crippen molar-refractivity contribution in [2.45, 2.75) is 0 Å². The number of imidazole rings is 4. The summed E-state index contributed by atoms with van der Waals surface area (Å²) < 4.78 is 31.2. The second-order valence-electron chi connectivity index (χ2n) is 18.7. The minimum absolute atomic E-state index is 0.0637. The lowest BCUT2D eigenvalue weighted by Gasteiger charge is -1.89. The van der Waals surface area contributed by atoms with Crippen LogP contribution in [0, 0.1) is 0 Å². The Morgan fingerprint density at radius 2 is 0.739 bits per heavy atom. The van der Waals surface area contributed by atoms with E-state index < -0.39 is 0 Å². The third-order valence-corrected chi connectivity index (χ3v) is 13.2. The molecule has 0 amide bonds. The zero-order chi connectivity index (χ0) is 62.8. The average Bonchev–Trinajstić information content (AvgIpc) is 4.64. The quantitative estimate of drug-likeness (QED) is 0.168. The molecule has 0 radical (unpaired) electrons. The maximum absolute atomic E-state index is 11.0. The first-order valence-corrected chi connectivity index (χ1v) is 26.0. The molecule has 0 aliphatic rings. The van der Waals surface area contributed by atoms with E-state index in [1.54, 1.807) is 182 Å². The second-order valence-corrected chi connectivity index (χ2v) is 18.7. The smallest absolute Gasteiger partial charge is 0.408 e. The maximum atomic E-state index is 11.0. The summed E-state index contributed by atoms with van der Waals surface area (Å²) in [7, 11) is 13.5. The molecule has 15 heterocycles. The molecule has 0 saturated carbocycles. The van der Waals surface area contributed by atoms with Crippen molar-refractivity contribution < 1.29 is 17.7 Å². The van der Waals surface area contributed by atoms with Crippen LogP contribution in [0.5, 0.6) is 0 Å². The van der Waals surface area contributed by atoms with Gasteiger partial charge < -0.3 is 37.6 Å². The topological polar surface area (TPSA) is 382 Å². The number of nitrogens with one attached hydrogen (secondary N) is 4. The molecule has 0 spiro atoms. The Balaban J connectivity index is 0.000000120. The van der Waals surface area contributed by atoms with Crippen molar-refractivity contribution >= 4 is 88.9 Å². The Kier molecular flexibility index (Phi) is 18.0. The summed E-state index contributed by atoms with van der Waals surface area (Å²) in [5, 5.41) is 0. The van der Waals surface area contributed by atoms with Gasteiger partial charge in [0.15, 0.2) is 28.0 Å². The molecule has 16 rings (SSSR count). The lowest BCUT2D eigenvalue weighted by atomic mass is 10.3. The van der Waals surface area contributed by atoms with Crippen LogP contribution < -0.4 is 45.8 Å². The predicted molar refractivity (Wildman–Crippen MR) is 325 cm³/mol. The number of aromatic nitrogens is 19. The average molecular weight is 1200 g/mol. The van der Waals surface area contributed by atoms with Crippen LogP contribution in [-0.4, -0.2) is 91.4 Å². The normalized spacial score (nSPS) is 10.6. The summed E-state index contributed by atoms with van der Waals surface area (Å²) in [4.78, 5) is 126. The van der Waals surface area contributed by atoms with Crippen molar-refractivity contribution in [2.75, 3.05) is 0 Å². The van der Waals surface area contributed by atoms with E-state index in [0.717, 1.165) is 55.2 Å². The molecule has 0 fully saturated rings. The van der Waals surface area contributed by atoms with Gasteiger partial charge in [0.1, 0.15) is 11.0 Å². The highest BCUT2D eigenvalue weighted by Gasteiger charge is 2.08. The molecule has 0 aliphatic carbocycles. The number of H-pyrrole nitrogens is 4. The van der Waals surface area contributed by atoms with Gasteiger partial charge in [0.25, 0.3) is 0 Å². The van der Waals surface area contributed by atoms with Crippen LogP contribution in [0.2, 0.25) is 0 Å². The third-order valence-electron chi connectivity index (χ3n) is 13.2. The van der Waals surface area contributed by atoms with Gasteiger partial charge in [-0.05, 0) is 66.7 Å². The molecular formula is C57H53N19O12. The molecule has 0 saturated heterocycles. The molecule has 4 N–H and O–H groups in total. The van der Waals surface area contributed by atoms with E-state index in [2.05, 4.69) is 54.8 Å². The largest absolute Gasteiger partial charge is 0.421 e. The summed E-state index contributed by atoms with van der Waals surface area (Å²) >= 11 is 0. The zero-order valence-corrected chi connectivity index (χ0v) is 48.0. The number of rotatable bonds is 0. The molecule has 1 aromatic carbocycles. The molecule has 0 atom stereocenters. The van der Waals surface area contributed by atoms with E-state index in [1.165, 1.54) is 33.6 Å². The number of oxazole rings is 4. The van der Waals surface area contributed by atoms with Gasteiger partial charge in [-0.3, -0.25) is 56.5 Å². The standard InChI is InChI=1S/C8H8N2O.3C7H7N3O.4C7H6N2O2/c1-10-7-5-3-2-4-6(7)9-8(10)11;1-10-6-2-3-8-4-5(6)9-7(10)11;1-10-6-4-8-3-2-5(6)9-7(10)11;1-10-6-5(9-7(10)11)3-2-4-8-6;1-9-5-4-8-3-2-6(5)11-7(9)10;1-9-5-2-3-8-4-6(5)11-7(9)10;1-9-6-5(11-7(9)10)3-2-4-8-6;1-9-5-3-2-4-8-6(5)11-7(9)10/h2-5H,1H3,(H,9,11);3*2-4H,1H3,(H,9,11);4*2-4H,1H3. The van der Waals surface area contributed by atoms with Crippen LogP contribution in [0.1, 0.15) is 0 Å². The molecule has 0 unspecified atom stereocenters. The van der Waals surface area contributed by atoms with Crippen LogP contribution in [0.4, 0.5) is 0 Å². The van der Waals surface area contributed by atoms with Crippen molar-refractivity contribution in [3.8, 4) is 0 Å². The van der Waals surface area contributed by atoms with Crippen LogP contribution >= 0.6 is 0 Å². The fourth-order valence-corrected chi connectivity index (χ4v) is 8.28. The molecule has 448 valence electrons. The first-order chi connectivity index (χ1) is 42.3. The van der Waals surface area contributed by atoms with Gasteiger partial charge >= 0.3 is 45.8 Å². The molecule has 31 nitrogen and oxygen atoms in total. The molecule has 0 aliphatic heterocycles. The van der Waals surface area contributed by atoms with Gasteiger partial charge in [-0.25, -0.2) is 53.3 Å². The van der Waals surface area contributed by atoms with Crippen LogP contribution in [0.25, 0.3) is 88.9 Å². The maximum Gasteiger partial charge on any atom is 0.421 e. The van der Waals surface area contributed by atoms with Gasteiger partial charge in [0, 0.05) is 106 Å². The lowest BCUT2D eigenvalue weighted by Crippen LogP contribution is -2.12. The molecule has 31 heteroatoms. The Morgan fingerprint density at radius 3 is 1.38 bits per heavy atom. The fourth-order valence-electron chi connectivity index (χ4n) is 8.28. The van der Waals surface area contributed by atoms with Gasteiger partial charge in [-0.2, -0.15) is 0 Å². The number of hydrogen-bond donors (Lipinski definition) is 4. The number of para-hydroxylation sites is 2. The van der Waals surface area contributed by atoms with Gasteiger partial charge in [-0.1, -0.05) is 12.1 Å². The summed E-state index contributed by atoms with van der Waals surface area (Å²) in [5.74, 6) is -1.46. The van der Waals surface area contributed by atoms with Crippen molar-refractivity contribution in [2.24, 2.45) is 56.4 Å². The third kappa shape index (κ3) is 13.1. The highest BCUT2D eigenvalue weighted by atomic mass is 16.4. The summed E-state index contributed by atoms with van der Waals surface area (Å²) in [6.45, 7) is 0. The molecule has 0 bridgehead atoms. The lowest BCUT2D eigenvalue weighted by molar-refractivity contribution is 0.520. The van der Waals surface area contributed by atoms with Crippen molar-refractivity contribution in [3.63, 3.8) is 0 Å². The summed E-state index contributed by atoms with van der Waals surface area (Å²) in [6, 6.07) is 25.2. The second kappa shape index (κ2) is 26.3. The Morgan fingerprint density at radius 1 is 0.295 bits per heavy atom. The van der Waals surface area contributed by atoms with Gasteiger partial charge in [0.05, 0.1) is 68.9 Å². The van der Waals surface area contributed by atoms with Crippen LogP contribution in [0.15, 0.2) is 209 Å². The molecule has 16 aromatic rings. The van der Waals surface area contributed by atoms with Crippen molar-refractivity contribution in [3.05, 3.63) is 237 Å². The zero-order valence-electron chi connectivity index (χ0n) is 48.0. The minimum atomic E-state index is -0.376. The van der Waals surface area contributed by atoms with Crippen molar-refractivity contribution in [1.29, 1.82) is 0 Å². The van der Waals surface area contributed by atoms with Crippen LogP contribution in [0.3, 0.4) is 0 Å². The van der Waals surface area contributed by atoms with E-state index in [1.807, 2.05) is 30.3 Å². The van der Waals surface area contributed by atoms with E-state index in [0.29, 0.717) is 33.8 Å². The number of fused-ring (bicyclic) bond motifs is 8. The SMILES string of the molecule is Cn1c(=O)[nH]c2ccccc21.Cn1c(=O)[nH]c2cccnc21.Cn1c(=O)[nH]c2ccncc21.Cn1c(=O)[nH]c2cnccc21.Cn1c(=O)oc2cccnc21.Cn1c(=O)oc2ccncc21.Cn1c(=O)oc2cnccc21.Cn1c(=O)oc2ncccc21. The predicted octanol–water partition coefficient (Wildman–Crippen LogP) is 3.76. The van der Waals surface area contributed by atoms with Crippen LogP contribution in [-0.2, 0) is 56.4 Å². The minimum Gasteiger partial charge on any atom is -0.408 e. The monoisotopic (exact) mass is 1200 g/mol. The molecule has 15 aromatic heterocycles. The Bertz CT molecular complexity index is 4560. The van der Waals surface area contributed by atoms with Crippen molar-refractivity contribution in [1.82, 2.24) is 91.4 Å². The van der Waals surface area contributed by atoms with E-state index in [9.17, 15) is 38.4 Å². The van der Waals surface area contributed by atoms with Gasteiger partial charge in [0.2, 0.25) is 5.71 Å². The highest BCUT2D eigenvalue weighted by molar-refractivity contribution is 5.76. The number of nitrogens with zero attached hydrogens (tertiary/aromatic N) is 15. The number of benzene rings is 1. The number of pyridine rings is 7. The first-order valence-electron chi connectivity index (χ1n) is 26.0. The summed E-state index contributed by atoms with van der Waals surface area (Å²) in [6.07, 6.45) is 17.8. The molecule has 88 heavy (non-hydrogen) atoms. The van der Waals surface area contributed by atoms with E-state index in [-0.39, 0.29) is 45.8 Å². The van der Waals surface area contributed by atoms with E-state index >= 15 is 0 Å². The highest BCUT2D eigenvalue weighted by Crippen LogP contribution is 2.11. The summed E-state index contributed by atoms with van der Waals surface area (Å²) in [5.41, 5.74) is 11.0. The fraction of sp³-hybridized carbons (Fsp3) is 0.140. The first kappa shape index (κ1) is 60.0. The van der Waals surface area contributed by atoms with E-state index in [4.69, 9.17) is 17.7 Å². The van der Waals surface area contributed by atoms with Gasteiger partial charge in [-0.15, -0.1) is 0 Å². The molecular weight excluding hydrogens is 1140 g/mol. The number of aryl methyl sites for hydroxylation is 8.